The second-order valence-electron chi connectivity index (χ2n) is 5.43. The average Bonchev–Trinajstić information content (AvgIpc) is 2.55. The summed E-state index contributed by atoms with van der Waals surface area (Å²) in [5.74, 6) is 0.544. The molecule has 0 amide bonds. The molecule has 0 fully saturated rings. The quantitative estimate of drug-likeness (QED) is 0.688. The van der Waals surface area contributed by atoms with Gasteiger partial charge >= 0.3 is 0 Å². The second kappa shape index (κ2) is 5.48. The Balaban J connectivity index is 2.67. The highest BCUT2D eigenvalue weighted by Gasteiger charge is 2.14. The maximum Gasteiger partial charge on any atom is 0.0830 e. The second-order valence-corrected chi connectivity index (χ2v) is 5.43. The lowest BCUT2D eigenvalue weighted by Crippen LogP contribution is -1.84. The van der Waals surface area contributed by atoms with Gasteiger partial charge < -0.3 is 4.74 Å². The molecule has 2 rings (SSSR count). The van der Waals surface area contributed by atoms with E-state index in [1.54, 1.807) is 13.4 Å². The van der Waals surface area contributed by atoms with Crippen LogP contribution in [0.2, 0.25) is 0 Å². The fourth-order valence-electron chi connectivity index (χ4n) is 2.51. The Morgan fingerprint density at radius 3 is 2.42 bits per heavy atom. The largest absolute Gasteiger partial charge is 0.504 e. The maximum atomic E-state index is 5.05. The Hall–Kier alpha value is -1.76. The van der Waals surface area contributed by atoms with Crippen molar-refractivity contribution in [2.45, 2.75) is 33.6 Å². The fourth-order valence-corrected chi connectivity index (χ4v) is 2.51. The molecule has 19 heavy (non-hydrogen) atoms. The summed E-state index contributed by atoms with van der Waals surface area (Å²) in [4.78, 5) is 0. The lowest BCUT2D eigenvalue weighted by atomic mass is 10.0. The minimum absolute atomic E-state index is 0.544. The molecule has 0 aromatic rings. The Kier molecular flexibility index (Phi) is 3.94. The zero-order valence-electron chi connectivity index (χ0n) is 12.4. The molecule has 0 radical (unpaired) electrons. The molecule has 1 nitrogen and oxygen atoms in total. The molecule has 0 aliphatic heterocycles. The number of ether oxygens (including phenoxy) is 1. The molecular formula is C18H22O. The van der Waals surface area contributed by atoms with Crippen LogP contribution in [0.4, 0.5) is 0 Å². The maximum absolute atomic E-state index is 5.05. The van der Waals surface area contributed by atoms with E-state index in [9.17, 15) is 0 Å². The van der Waals surface area contributed by atoms with Gasteiger partial charge in [0.1, 0.15) is 0 Å². The van der Waals surface area contributed by atoms with Crippen LogP contribution in [-0.2, 0) is 4.74 Å². The summed E-state index contributed by atoms with van der Waals surface area (Å²) < 4.78 is 5.05. The molecule has 2 aliphatic rings. The van der Waals surface area contributed by atoms with Crippen LogP contribution in [0.15, 0.2) is 30.5 Å². The summed E-state index contributed by atoms with van der Waals surface area (Å²) in [7, 11) is 1.68. The number of fused-ring (bicyclic) bond motifs is 1. The summed E-state index contributed by atoms with van der Waals surface area (Å²) in [6, 6.07) is 9.02. The first-order valence-electron chi connectivity index (χ1n) is 6.77. The SMILES string of the molecule is CO/C=C/c1cc(C)c2cc(C(C)C)ccc(C)c1-2. The lowest BCUT2D eigenvalue weighted by Gasteiger charge is -2.04. The molecule has 0 spiro atoms. The molecule has 0 aromatic carbocycles. The van der Waals surface area contributed by atoms with Crippen LogP contribution < -0.4 is 0 Å². The highest BCUT2D eigenvalue weighted by molar-refractivity contribution is 5.83. The Morgan fingerprint density at radius 2 is 1.79 bits per heavy atom. The van der Waals surface area contributed by atoms with Crippen molar-refractivity contribution in [3.63, 3.8) is 0 Å². The lowest BCUT2D eigenvalue weighted by molar-refractivity contribution is 0.341. The zero-order valence-corrected chi connectivity index (χ0v) is 12.4. The van der Waals surface area contributed by atoms with E-state index in [0.29, 0.717) is 5.92 Å². The molecule has 1 heteroatoms. The van der Waals surface area contributed by atoms with Crippen molar-refractivity contribution < 1.29 is 4.74 Å². The average molecular weight is 254 g/mol. The molecule has 100 valence electrons. The van der Waals surface area contributed by atoms with Gasteiger partial charge in [-0.2, -0.15) is 0 Å². The van der Waals surface area contributed by atoms with Gasteiger partial charge in [-0.25, -0.2) is 0 Å². The normalized spacial score (nSPS) is 11.7. The first-order valence-corrected chi connectivity index (χ1v) is 6.77. The van der Waals surface area contributed by atoms with E-state index >= 15 is 0 Å². The molecule has 0 bridgehead atoms. The number of aryl methyl sites for hydroxylation is 2. The van der Waals surface area contributed by atoms with E-state index in [4.69, 9.17) is 4.74 Å². The topological polar surface area (TPSA) is 9.23 Å². The van der Waals surface area contributed by atoms with E-state index in [1.807, 2.05) is 6.08 Å². The van der Waals surface area contributed by atoms with E-state index in [-0.39, 0.29) is 0 Å². The molecule has 2 aliphatic carbocycles. The van der Waals surface area contributed by atoms with E-state index in [0.717, 1.165) is 0 Å². The predicted molar refractivity (Wildman–Crippen MR) is 82.7 cm³/mol. The molecule has 0 atom stereocenters. The van der Waals surface area contributed by atoms with Gasteiger partial charge in [0.2, 0.25) is 0 Å². The standard InChI is InChI=1S/C18H22O/c1-12(2)15-7-6-13(3)18-16(8-9-19-5)10-14(4)17(18)11-15/h6-12H,1-5H3/b9-8+. The van der Waals surface area contributed by atoms with Gasteiger partial charge in [0, 0.05) is 0 Å². The molecule has 0 heterocycles. The molecule has 0 N–H and O–H groups in total. The Labute approximate surface area is 116 Å². The van der Waals surface area contributed by atoms with E-state index in [2.05, 4.69) is 52.0 Å². The number of hydrogen-bond acceptors (Lipinski definition) is 1. The number of hydrogen-bond donors (Lipinski definition) is 0. The minimum Gasteiger partial charge on any atom is -0.504 e. The van der Waals surface area contributed by atoms with Gasteiger partial charge in [-0.05, 0) is 59.2 Å². The van der Waals surface area contributed by atoms with Crippen molar-refractivity contribution >= 4 is 6.08 Å². The number of rotatable bonds is 3. The van der Waals surface area contributed by atoms with Crippen LogP contribution in [0, 0.1) is 13.8 Å². The van der Waals surface area contributed by atoms with E-state index in [1.165, 1.54) is 33.4 Å². The number of methoxy groups -OCH3 is 1. The summed E-state index contributed by atoms with van der Waals surface area (Å²) in [6.45, 7) is 8.83. The van der Waals surface area contributed by atoms with Crippen LogP contribution in [-0.4, -0.2) is 7.11 Å². The third-order valence-electron chi connectivity index (χ3n) is 3.64. The first-order chi connectivity index (χ1) is 9.04. The third kappa shape index (κ3) is 2.65. The van der Waals surface area contributed by atoms with Crippen LogP contribution in [0.25, 0.3) is 17.2 Å². The highest BCUT2D eigenvalue weighted by atomic mass is 16.5. The Morgan fingerprint density at radius 1 is 1.05 bits per heavy atom. The third-order valence-corrected chi connectivity index (χ3v) is 3.64. The van der Waals surface area contributed by atoms with Crippen molar-refractivity contribution in [1.82, 2.24) is 0 Å². The van der Waals surface area contributed by atoms with Crippen molar-refractivity contribution in [2.24, 2.45) is 0 Å². The summed E-state index contributed by atoms with van der Waals surface area (Å²) in [5, 5.41) is 0. The van der Waals surface area contributed by atoms with Crippen LogP contribution in [0.5, 0.6) is 0 Å². The summed E-state index contributed by atoms with van der Waals surface area (Å²) in [6.07, 6.45) is 3.78. The van der Waals surface area contributed by atoms with Gasteiger partial charge in [-0.15, -0.1) is 0 Å². The van der Waals surface area contributed by atoms with Crippen LogP contribution in [0.1, 0.15) is 42.0 Å². The van der Waals surface area contributed by atoms with Crippen molar-refractivity contribution in [2.75, 3.05) is 7.11 Å². The van der Waals surface area contributed by atoms with Gasteiger partial charge in [0.05, 0.1) is 13.4 Å². The molecule has 0 saturated carbocycles. The smallest absolute Gasteiger partial charge is 0.0830 e. The van der Waals surface area contributed by atoms with Crippen LogP contribution >= 0.6 is 0 Å². The predicted octanol–water partition coefficient (Wildman–Crippen LogP) is 5.15. The summed E-state index contributed by atoms with van der Waals surface area (Å²) in [5.41, 5.74) is 7.93. The van der Waals surface area contributed by atoms with Gasteiger partial charge in [0.15, 0.2) is 0 Å². The van der Waals surface area contributed by atoms with Gasteiger partial charge in [-0.3, -0.25) is 0 Å². The Bertz CT molecular complexity index is 579. The van der Waals surface area contributed by atoms with E-state index < -0.39 is 0 Å². The van der Waals surface area contributed by atoms with Crippen molar-refractivity contribution in [3.8, 4) is 11.1 Å². The fraction of sp³-hybridized carbons (Fsp3) is 0.333. The van der Waals surface area contributed by atoms with Crippen LogP contribution in [0.3, 0.4) is 0 Å². The highest BCUT2D eigenvalue weighted by Crippen LogP contribution is 2.36. The summed E-state index contributed by atoms with van der Waals surface area (Å²) >= 11 is 0. The molecule has 0 saturated heterocycles. The molecular weight excluding hydrogens is 232 g/mol. The molecule has 0 unspecified atom stereocenters. The van der Waals surface area contributed by atoms with Gasteiger partial charge in [-0.1, -0.05) is 38.1 Å². The zero-order chi connectivity index (χ0) is 14.0. The minimum atomic E-state index is 0.544. The first kappa shape index (κ1) is 13.7. The molecule has 0 aromatic heterocycles. The van der Waals surface area contributed by atoms with Gasteiger partial charge in [0.25, 0.3) is 0 Å². The van der Waals surface area contributed by atoms with Crippen molar-refractivity contribution in [3.05, 3.63) is 52.8 Å². The van der Waals surface area contributed by atoms with Crippen molar-refractivity contribution in [1.29, 1.82) is 0 Å². The monoisotopic (exact) mass is 254 g/mol.